The maximum absolute atomic E-state index is 9.98. The normalized spacial score (nSPS) is 20.4. The molecule has 0 amide bonds. The minimum atomic E-state index is -2.31. The summed E-state index contributed by atoms with van der Waals surface area (Å²) in [5.41, 5.74) is 0. The molecule has 0 unspecified atom stereocenters. The van der Waals surface area contributed by atoms with Crippen molar-refractivity contribution >= 4 is 5.97 Å². The Morgan fingerprint density at radius 3 is 1.85 bits per heavy atom. The molecule has 7 nitrogen and oxygen atoms in total. The number of aliphatic hydroxyl groups excluding tert-OH is 5. The second-order valence-corrected chi connectivity index (χ2v) is 2.49. The molecule has 0 bridgehead atoms. The molecule has 1 radical (unpaired) electrons. The van der Waals surface area contributed by atoms with Crippen LogP contribution in [-0.4, -0.2) is 62.5 Å². The van der Waals surface area contributed by atoms with E-state index in [2.05, 4.69) is 0 Å². The summed E-state index contributed by atoms with van der Waals surface area (Å²) in [6, 6.07) is 0. The van der Waals surface area contributed by atoms with Gasteiger partial charge in [0.15, 0.2) is 6.10 Å². The van der Waals surface area contributed by atoms with Gasteiger partial charge in [0.2, 0.25) is 0 Å². The summed E-state index contributed by atoms with van der Waals surface area (Å²) in [5.74, 6) is -1.98. The Balaban J connectivity index is 4.24. The van der Waals surface area contributed by atoms with Crippen molar-refractivity contribution in [2.24, 2.45) is 0 Å². The van der Waals surface area contributed by atoms with Gasteiger partial charge in [0, 0.05) is 0 Å². The van der Waals surface area contributed by atoms with Crippen LogP contribution >= 0.6 is 0 Å². The summed E-state index contributed by atoms with van der Waals surface area (Å²) in [4.78, 5) is 9.98. The largest absolute Gasteiger partial charge is 0.394 e. The van der Waals surface area contributed by atoms with E-state index in [0.29, 0.717) is 0 Å². The smallest absolute Gasteiger partial charge is 0.386 e. The summed E-state index contributed by atoms with van der Waals surface area (Å²) in [6.07, 6.45) is -8.08. The van der Waals surface area contributed by atoms with E-state index >= 15 is 0 Å². The highest BCUT2D eigenvalue weighted by atomic mass is 16.4. The lowest BCUT2D eigenvalue weighted by molar-refractivity contribution is -0.170. The maximum atomic E-state index is 9.98. The van der Waals surface area contributed by atoms with Crippen molar-refractivity contribution < 1.29 is 35.4 Å². The van der Waals surface area contributed by atoms with Gasteiger partial charge in [0.05, 0.1) is 6.61 Å². The molecule has 0 aromatic heterocycles. The van der Waals surface area contributed by atoms with Crippen molar-refractivity contribution in [3.63, 3.8) is 0 Å². The fourth-order valence-electron chi connectivity index (χ4n) is 0.662. The van der Waals surface area contributed by atoms with Gasteiger partial charge in [0.25, 0.3) is 0 Å². The minimum absolute atomic E-state index is 0.863. The van der Waals surface area contributed by atoms with Gasteiger partial charge < -0.3 is 25.5 Å². The van der Waals surface area contributed by atoms with E-state index in [1.807, 2.05) is 0 Å². The van der Waals surface area contributed by atoms with Crippen LogP contribution in [-0.2, 0) is 9.90 Å². The number of carbonyl (C=O) groups excluding carboxylic acids is 1. The molecule has 0 aliphatic heterocycles. The van der Waals surface area contributed by atoms with E-state index in [4.69, 9.17) is 25.5 Å². The summed E-state index contributed by atoms with van der Waals surface area (Å²) in [5, 5.41) is 53.4. The molecule has 0 heterocycles. The number of hydrogen-bond acceptors (Lipinski definition) is 6. The van der Waals surface area contributed by atoms with Gasteiger partial charge in [-0.3, -0.25) is 0 Å². The van der Waals surface area contributed by atoms with Crippen molar-refractivity contribution in [2.75, 3.05) is 6.61 Å². The monoisotopic (exact) mass is 195 g/mol. The van der Waals surface area contributed by atoms with Crippen LogP contribution in [0.25, 0.3) is 0 Å². The Bertz CT molecular complexity index is 170. The van der Waals surface area contributed by atoms with E-state index in [9.17, 15) is 9.90 Å². The van der Waals surface area contributed by atoms with Crippen LogP contribution in [0.5, 0.6) is 0 Å². The molecule has 0 rings (SSSR count). The molecule has 5 N–H and O–H groups in total. The van der Waals surface area contributed by atoms with E-state index < -0.39 is 37.0 Å². The zero-order chi connectivity index (χ0) is 10.6. The van der Waals surface area contributed by atoms with Gasteiger partial charge in [-0.1, -0.05) is 0 Å². The molecule has 4 atom stereocenters. The molecule has 7 heteroatoms. The first-order chi connectivity index (χ1) is 5.91. The molecule has 0 spiro atoms. The molecule has 0 aliphatic carbocycles. The molecule has 77 valence electrons. The summed E-state index contributed by atoms with van der Waals surface area (Å²) in [6.45, 7) is -0.863. The van der Waals surface area contributed by atoms with Crippen LogP contribution in [0.3, 0.4) is 0 Å². The zero-order valence-electron chi connectivity index (χ0n) is 6.57. The van der Waals surface area contributed by atoms with Crippen LogP contribution in [0, 0.1) is 0 Å². The molecular formula is C6H11O7. The molecular weight excluding hydrogens is 184 g/mol. The minimum Gasteiger partial charge on any atom is -0.394 e. The van der Waals surface area contributed by atoms with Gasteiger partial charge >= 0.3 is 5.97 Å². The Kier molecular flexibility index (Phi) is 4.81. The predicted octanol–water partition coefficient (Wildman–Crippen LogP) is -3.62. The Labute approximate surface area is 73.5 Å². The third-order valence-electron chi connectivity index (χ3n) is 1.50. The molecule has 0 saturated carbocycles. The Morgan fingerprint density at radius 2 is 1.54 bits per heavy atom. The van der Waals surface area contributed by atoms with E-state index in [-0.39, 0.29) is 0 Å². The van der Waals surface area contributed by atoms with Crippen molar-refractivity contribution in [1.29, 1.82) is 0 Å². The summed E-state index contributed by atoms with van der Waals surface area (Å²) < 4.78 is 0. The third-order valence-corrected chi connectivity index (χ3v) is 1.50. The van der Waals surface area contributed by atoms with Gasteiger partial charge in [-0.25, -0.2) is 9.90 Å². The highest BCUT2D eigenvalue weighted by Gasteiger charge is 2.34. The fraction of sp³-hybridized carbons (Fsp3) is 0.833. The third kappa shape index (κ3) is 3.25. The average molecular weight is 195 g/mol. The highest BCUT2D eigenvalue weighted by molar-refractivity contribution is 5.72. The topological polar surface area (TPSA) is 138 Å². The second kappa shape index (κ2) is 5.10. The van der Waals surface area contributed by atoms with Crippen LogP contribution < -0.4 is 0 Å². The number of rotatable bonds is 5. The number of hydrogen-bond donors (Lipinski definition) is 5. The van der Waals surface area contributed by atoms with Crippen molar-refractivity contribution in [3.8, 4) is 0 Å². The number of carbonyl (C=O) groups is 1. The summed E-state index contributed by atoms with van der Waals surface area (Å²) in [7, 11) is 0. The SMILES string of the molecule is [O]C(=O)[C@H](O)[C@@H](O)[C@H](O)[C@H](O)CO. The van der Waals surface area contributed by atoms with E-state index in [1.165, 1.54) is 0 Å². The predicted molar refractivity (Wildman–Crippen MR) is 36.8 cm³/mol. The first-order valence-corrected chi connectivity index (χ1v) is 3.45. The fourth-order valence-corrected chi connectivity index (χ4v) is 0.662. The Morgan fingerprint density at radius 1 is 1.08 bits per heavy atom. The van der Waals surface area contributed by atoms with Crippen molar-refractivity contribution in [3.05, 3.63) is 0 Å². The first-order valence-electron chi connectivity index (χ1n) is 3.45. The lowest BCUT2D eigenvalue weighted by Crippen LogP contribution is -2.48. The standard InChI is InChI=1S/C6H11O7/c7-1-2(8)3(9)4(10)5(11)6(12)13/h2-5,7-11H,1H2/t2-,3-,4+,5-/m1/s1. The Hall–Kier alpha value is -0.730. The molecule has 0 aromatic rings. The first kappa shape index (κ1) is 12.3. The van der Waals surface area contributed by atoms with E-state index in [0.717, 1.165) is 0 Å². The molecule has 0 aliphatic rings. The van der Waals surface area contributed by atoms with Gasteiger partial charge in [-0.05, 0) is 0 Å². The number of aliphatic hydroxyl groups is 5. The maximum Gasteiger partial charge on any atom is 0.386 e. The van der Waals surface area contributed by atoms with Gasteiger partial charge in [-0.15, -0.1) is 0 Å². The van der Waals surface area contributed by atoms with Crippen molar-refractivity contribution in [1.82, 2.24) is 0 Å². The van der Waals surface area contributed by atoms with Gasteiger partial charge in [0.1, 0.15) is 18.3 Å². The van der Waals surface area contributed by atoms with Crippen LogP contribution in [0.15, 0.2) is 0 Å². The van der Waals surface area contributed by atoms with E-state index in [1.54, 1.807) is 0 Å². The second-order valence-electron chi connectivity index (χ2n) is 2.49. The lowest BCUT2D eigenvalue weighted by Gasteiger charge is -2.22. The summed E-state index contributed by atoms with van der Waals surface area (Å²) >= 11 is 0. The highest BCUT2D eigenvalue weighted by Crippen LogP contribution is 2.05. The van der Waals surface area contributed by atoms with Crippen LogP contribution in [0.2, 0.25) is 0 Å². The zero-order valence-corrected chi connectivity index (χ0v) is 6.57. The molecule has 0 aromatic carbocycles. The molecule has 13 heavy (non-hydrogen) atoms. The average Bonchev–Trinajstić information content (AvgIpc) is 2.12. The molecule has 0 fully saturated rings. The van der Waals surface area contributed by atoms with Crippen molar-refractivity contribution in [2.45, 2.75) is 24.4 Å². The quantitative estimate of drug-likeness (QED) is 0.307. The molecule has 0 saturated heterocycles. The van der Waals surface area contributed by atoms with Crippen LogP contribution in [0.1, 0.15) is 0 Å². The van der Waals surface area contributed by atoms with Gasteiger partial charge in [-0.2, -0.15) is 0 Å². The van der Waals surface area contributed by atoms with Crippen LogP contribution in [0.4, 0.5) is 0 Å². The lowest BCUT2D eigenvalue weighted by atomic mass is 10.0.